The topological polar surface area (TPSA) is 104 Å². The summed E-state index contributed by atoms with van der Waals surface area (Å²) in [6.07, 6.45) is 9.87. The number of carbonyl (C=O) groups is 3. The molecule has 0 aliphatic rings. The monoisotopic (exact) mass is 363 g/mol. The first-order valence-corrected chi connectivity index (χ1v) is 8.21. The Labute approximate surface area is 192 Å². The third-order valence-corrected chi connectivity index (χ3v) is 3.52. The first-order chi connectivity index (χ1) is 10.5. The second-order valence-corrected chi connectivity index (χ2v) is 5.63. The molecular weight excluding hydrogens is 332 g/mol. The molecule has 8 heteroatoms. The third-order valence-electron chi connectivity index (χ3n) is 3.52. The Bertz CT molecular complexity index is 364. The SMILES string of the molecule is CCCCCCCCCCCC(=O)NC(CC(=O)O)C(=O)O.[H-].[H-].[Na+].[Na+]. The molecule has 1 amide bonds. The van der Waals surface area contributed by atoms with Crippen molar-refractivity contribution in [3.63, 3.8) is 0 Å². The van der Waals surface area contributed by atoms with Gasteiger partial charge in [-0.15, -0.1) is 0 Å². The van der Waals surface area contributed by atoms with Crippen LogP contribution >= 0.6 is 0 Å². The number of hydrogen-bond acceptors (Lipinski definition) is 3. The van der Waals surface area contributed by atoms with Crippen molar-refractivity contribution in [1.82, 2.24) is 5.32 Å². The van der Waals surface area contributed by atoms with Crippen molar-refractivity contribution in [3.8, 4) is 0 Å². The molecule has 0 heterocycles. The molecule has 1 unspecified atom stereocenters. The Kier molecular flexibility index (Phi) is 24.0. The standard InChI is InChI=1S/C16H29NO5.2Na.2H/c1-2-3-4-5-6-7-8-9-10-11-14(18)17-13(16(21)22)12-15(19)20;;;;/h13H,2-12H2,1H3,(H,17,18)(H,19,20)(H,21,22);;;;/q;2*+1;2*-1. The largest absolute Gasteiger partial charge is 1.00 e. The minimum Gasteiger partial charge on any atom is -1.00 e. The zero-order valence-corrected chi connectivity index (χ0v) is 19.5. The fraction of sp³-hybridized carbons (Fsp3) is 0.812. The summed E-state index contributed by atoms with van der Waals surface area (Å²) >= 11 is 0. The number of amides is 1. The van der Waals surface area contributed by atoms with Crippen molar-refractivity contribution in [2.24, 2.45) is 0 Å². The van der Waals surface area contributed by atoms with E-state index in [1.54, 1.807) is 0 Å². The molecule has 0 aromatic carbocycles. The van der Waals surface area contributed by atoms with E-state index in [0.29, 0.717) is 6.42 Å². The van der Waals surface area contributed by atoms with Crippen LogP contribution in [0.25, 0.3) is 0 Å². The molecule has 0 spiro atoms. The van der Waals surface area contributed by atoms with Crippen LogP contribution in [0, 0.1) is 0 Å². The van der Waals surface area contributed by atoms with Crippen LogP contribution in [0.5, 0.6) is 0 Å². The van der Waals surface area contributed by atoms with Crippen LogP contribution in [0.3, 0.4) is 0 Å². The van der Waals surface area contributed by atoms with E-state index in [1.807, 2.05) is 0 Å². The van der Waals surface area contributed by atoms with Gasteiger partial charge in [0.2, 0.25) is 5.91 Å². The van der Waals surface area contributed by atoms with Crippen molar-refractivity contribution in [3.05, 3.63) is 0 Å². The van der Waals surface area contributed by atoms with Crippen molar-refractivity contribution in [2.75, 3.05) is 0 Å². The van der Waals surface area contributed by atoms with Gasteiger partial charge in [-0.2, -0.15) is 0 Å². The second kappa shape index (κ2) is 19.7. The van der Waals surface area contributed by atoms with Gasteiger partial charge >= 0.3 is 71.1 Å². The number of aliphatic carboxylic acids is 2. The van der Waals surface area contributed by atoms with Gasteiger partial charge in [-0.05, 0) is 6.42 Å². The van der Waals surface area contributed by atoms with Gasteiger partial charge in [-0.3, -0.25) is 9.59 Å². The van der Waals surface area contributed by atoms with Gasteiger partial charge in [0, 0.05) is 6.42 Å². The molecule has 0 aromatic rings. The molecule has 132 valence electrons. The van der Waals surface area contributed by atoms with Crippen LogP contribution in [0.4, 0.5) is 0 Å². The maximum atomic E-state index is 11.6. The summed E-state index contributed by atoms with van der Waals surface area (Å²) in [6.45, 7) is 2.19. The van der Waals surface area contributed by atoms with E-state index in [1.165, 1.54) is 38.5 Å². The van der Waals surface area contributed by atoms with E-state index in [0.717, 1.165) is 12.8 Å². The van der Waals surface area contributed by atoms with Crippen LogP contribution in [0.2, 0.25) is 0 Å². The molecule has 3 N–H and O–H groups in total. The number of carboxylic acids is 2. The maximum Gasteiger partial charge on any atom is 1.00 e. The molecule has 0 aliphatic carbocycles. The van der Waals surface area contributed by atoms with Crippen LogP contribution in [-0.4, -0.2) is 34.1 Å². The van der Waals surface area contributed by atoms with Gasteiger partial charge in [0.15, 0.2) is 0 Å². The van der Waals surface area contributed by atoms with Crippen molar-refractivity contribution >= 4 is 17.8 Å². The summed E-state index contributed by atoms with van der Waals surface area (Å²) < 4.78 is 0. The van der Waals surface area contributed by atoms with E-state index in [2.05, 4.69) is 12.2 Å². The molecule has 1 atom stereocenters. The molecule has 6 nitrogen and oxygen atoms in total. The summed E-state index contributed by atoms with van der Waals surface area (Å²) in [5.74, 6) is -2.95. The summed E-state index contributed by atoms with van der Waals surface area (Å²) in [6, 6.07) is -1.34. The van der Waals surface area contributed by atoms with Crippen molar-refractivity contribution < 1.29 is 86.6 Å². The van der Waals surface area contributed by atoms with Gasteiger partial charge in [0.1, 0.15) is 6.04 Å². The Morgan fingerprint density at radius 1 is 0.875 bits per heavy atom. The molecule has 24 heavy (non-hydrogen) atoms. The molecule has 0 saturated heterocycles. The Hall–Kier alpha value is 0.410. The maximum absolute atomic E-state index is 11.6. The quantitative estimate of drug-likeness (QED) is 0.228. The molecule has 0 aromatic heterocycles. The van der Waals surface area contributed by atoms with Gasteiger partial charge < -0.3 is 18.4 Å². The van der Waals surface area contributed by atoms with Gasteiger partial charge in [-0.25, -0.2) is 4.79 Å². The second-order valence-electron chi connectivity index (χ2n) is 5.63. The van der Waals surface area contributed by atoms with Gasteiger partial charge in [-0.1, -0.05) is 58.3 Å². The Balaban J connectivity index is -0.000000367. The van der Waals surface area contributed by atoms with E-state index in [-0.39, 0.29) is 68.4 Å². The normalized spacial score (nSPS) is 10.9. The summed E-state index contributed by atoms with van der Waals surface area (Å²) in [7, 11) is 0. The fourth-order valence-corrected chi connectivity index (χ4v) is 2.24. The summed E-state index contributed by atoms with van der Waals surface area (Å²) in [5, 5.41) is 19.7. The van der Waals surface area contributed by atoms with Crippen molar-refractivity contribution in [2.45, 2.75) is 83.6 Å². The summed E-state index contributed by atoms with van der Waals surface area (Å²) in [4.78, 5) is 32.9. The van der Waals surface area contributed by atoms with Crippen LogP contribution in [-0.2, 0) is 14.4 Å². The van der Waals surface area contributed by atoms with Crippen LogP contribution < -0.4 is 64.4 Å². The number of nitrogens with one attached hydrogen (secondary N) is 1. The van der Waals surface area contributed by atoms with E-state index >= 15 is 0 Å². The predicted octanol–water partition coefficient (Wildman–Crippen LogP) is -2.82. The number of hydrogen-bond donors (Lipinski definition) is 3. The van der Waals surface area contributed by atoms with Crippen LogP contribution in [0.1, 0.15) is 80.4 Å². The summed E-state index contributed by atoms with van der Waals surface area (Å²) in [5.41, 5.74) is 0. The minimum absolute atomic E-state index is 0. The molecule has 0 rings (SSSR count). The number of rotatable bonds is 14. The first kappa shape index (κ1) is 29.2. The molecule has 0 bridgehead atoms. The number of unbranched alkanes of at least 4 members (excludes halogenated alkanes) is 8. The predicted molar refractivity (Wildman–Crippen MR) is 85.9 cm³/mol. The van der Waals surface area contributed by atoms with E-state index in [9.17, 15) is 14.4 Å². The van der Waals surface area contributed by atoms with Crippen molar-refractivity contribution in [1.29, 1.82) is 0 Å². The first-order valence-electron chi connectivity index (χ1n) is 8.21. The van der Waals surface area contributed by atoms with Crippen LogP contribution in [0.15, 0.2) is 0 Å². The molecular formula is C16H31NNa2O5. The average Bonchev–Trinajstić information content (AvgIpc) is 2.44. The fourth-order valence-electron chi connectivity index (χ4n) is 2.24. The number of carbonyl (C=O) groups excluding carboxylic acids is 1. The number of carboxylic acid groups (broad SMARTS) is 2. The third kappa shape index (κ3) is 18.7. The van der Waals surface area contributed by atoms with Gasteiger partial charge in [0.05, 0.1) is 6.42 Å². The van der Waals surface area contributed by atoms with E-state index in [4.69, 9.17) is 10.2 Å². The minimum atomic E-state index is -1.34. The zero-order chi connectivity index (χ0) is 16.8. The van der Waals surface area contributed by atoms with E-state index < -0.39 is 30.3 Å². The Morgan fingerprint density at radius 3 is 1.75 bits per heavy atom. The molecule has 0 fully saturated rings. The molecule has 0 saturated carbocycles. The van der Waals surface area contributed by atoms with Gasteiger partial charge in [0.25, 0.3) is 0 Å². The zero-order valence-electron chi connectivity index (χ0n) is 17.5. The molecule has 0 radical (unpaired) electrons. The molecule has 0 aliphatic heterocycles. The smallest absolute Gasteiger partial charge is 1.00 e. The average molecular weight is 363 g/mol. The Morgan fingerprint density at radius 2 is 1.33 bits per heavy atom.